The van der Waals surface area contributed by atoms with Gasteiger partial charge in [-0.2, -0.15) is 0 Å². The van der Waals surface area contributed by atoms with Crippen LogP contribution in [0.3, 0.4) is 0 Å². The molecular weight excluding hydrogens is 186 g/mol. The third-order valence-electron chi connectivity index (χ3n) is 3.02. The lowest BCUT2D eigenvalue weighted by molar-refractivity contribution is -0.120. The first-order chi connectivity index (χ1) is 7.29. The number of nitrogens with one attached hydrogen (secondary N) is 1. The number of Topliss-reactive ketones (excluding diaryl/α,β-unsaturated/α-hetero) is 1. The minimum absolute atomic E-state index is 0.233. The first-order valence-electron chi connectivity index (χ1n) is 5.63. The van der Waals surface area contributed by atoms with Crippen LogP contribution in [0.25, 0.3) is 0 Å². The van der Waals surface area contributed by atoms with Crippen molar-refractivity contribution in [1.29, 1.82) is 0 Å². The molecule has 1 N–H and O–H groups in total. The first kappa shape index (κ1) is 10.4. The van der Waals surface area contributed by atoms with Crippen molar-refractivity contribution in [3.8, 4) is 0 Å². The molecule has 2 heteroatoms. The van der Waals surface area contributed by atoms with Crippen LogP contribution in [0, 0.1) is 0 Å². The van der Waals surface area contributed by atoms with Crippen molar-refractivity contribution in [2.75, 3.05) is 6.54 Å². The highest BCUT2D eigenvalue weighted by atomic mass is 16.1. The monoisotopic (exact) mass is 203 g/mol. The molecular formula is C13H17NO. The summed E-state index contributed by atoms with van der Waals surface area (Å²) in [5, 5.41) is 3.38. The second kappa shape index (κ2) is 4.58. The molecule has 1 atom stereocenters. The normalized spacial score (nSPS) is 21.7. The van der Waals surface area contributed by atoms with E-state index in [9.17, 15) is 4.79 Å². The van der Waals surface area contributed by atoms with Crippen LogP contribution >= 0.6 is 0 Å². The predicted molar refractivity (Wildman–Crippen MR) is 60.8 cm³/mol. The Bertz CT molecular complexity index is 342. The quantitative estimate of drug-likeness (QED) is 0.798. The molecule has 0 saturated carbocycles. The molecule has 0 bridgehead atoms. The van der Waals surface area contributed by atoms with E-state index in [-0.39, 0.29) is 6.04 Å². The zero-order valence-electron chi connectivity index (χ0n) is 9.12. The number of ketones is 1. The smallest absolute Gasteiger partial charge is 0.136 e. The molecule has 1 aromatic carbocycles. The zero-order valence-corrected chi connectivity index (χ0v) is 9.12. The van der Waals surface area contributed by atoms with Gasteiger partial charge in [0.15, 0.2) is 0 Å². The number of carbonyl (C=O) groups is 1. The highest BCUT2D eigenvalue weighted by Crippen LogP contribution is 2.21. The Kier molecular flexibility index (Phi) is 3.17. The third kappa shape index (κ3) is 2.45. The van der Waals surface area contributed by atoms with E-state index in [2.05, 4.69) is 36.5 Å². The molecule has 15 heavy (non-hydrogen) atoms. The molecule has 1 aliphatic rings. The van der Waals surface area contributed by atoms with Gasteiger partial charge in [-0.3, -0.25) is 4.79 Å². The largest absolute Gasteiger partial charge is 0.309 e. The predicted octanol–water partition coefficient (Wildman–Crippen LogP) is 2.24. The minimum atomic E-state index is 0.233. The van der Waals surface area contributed by atoms with Gasteiger partial charge in [-0.25, -0.2) is 0 Å². The Hall–Kier alpha value is -1.15. The van der Waals surface area contributed by atoms with E-state index in [1.165, 1.54) is 11.1 Å². The van der Waals surface area contributed by atoms with E-state index >= 15 is 0 Å². The molecule has 80 valence electrons. The van der Waals surface area contributed by atoms with Gasteiger partial charge >= 0.3 is 0 Å². The van der Waals surface area contributed by atoms with Gasteiger partial charge in [0.05, 0.1) is 0 Å². The molecule has 1 aliphatic heterocycles. The van der Waals surface area contributed by atoms with Crippen molar-refractivity contribution in [3.63, 3.8) is 0 Å². The number of hydrogen-bond donors (Lipinski definition) is 1. The van der Waals surface area contributed by atoms with E-state index in [1.54, 1.807) is 0 Å². The summed E-state index contributed by atoms with van der Waals surface area (Å²) >= 11 is 0. The van der Waals surface area contributed by atoms with Gasteiger partial charge in [0.1, 0.15) is 5.78 Å². The van der Waals surface area contributed by atoms with Gasteiger partial charge in [0.2, 0.25) is 0 Å². The third-order valence-corrected chi connectivity index (χ3v) is 3.02. The molecule has 0 amide bonds. The average Bonchev–Trinajstić information content (AvgIpc) is 2.29. The molecule has 2 nitrogen and oxygen atoms in total. The van der Waals surface area contributed by atoms with Crippen LogP contribution in [0.2, 0.25) is 0 Å². The lowest BCUT2D eigenvalue weighted by atomic mass is 9.96. The Morgan fingerprint density at radius 2 is 2.07 bits per heavy atom. The van der Waals surface area contributed by atoms with Crippen molar-refractivity contribution >= 4 is 5.78 Å². The van der Waals surface area contributed by atoms with Crippen LogP contribution in [0.1, 0.15) is 36.9 Å². The summed E-state index contributed by atoms with van der Waals surface area (Å²) in [6, 6.07) is 8.80. The zero-order chi connectivity index (χ0) is 10.7. The summed E-state index contributed by atoms with van der Waals surface area (Å²) in [7, 11) is 0. The molecule has 1 heterocycles. The maximum atomic E-state index is 11.3. The highest BCUT2D eigenvalue weighted by Gasteiger charge is 2.19. The number of rotatable bonds is 2. The van der Waals surface area contributed by atoms with E-state index in [0.29, 0.717) is 18.6 Å². The average molecular weight is 203 g/mol. The topological polar surface area (TPSA) is 29.1 Å². The molecule has 1 aromatic rings. The van der Waals surface area contributed by atoms with Crippen molar-refractivity contribution in [3.05, 3.63) is 35.4 Å². The molecule has 1 unspecified atom stereocenters. The second-order valence-electron chi connectivity index (χ2n) is 4.09. The van der Waals surface area contributed by atoms with Gasteiger partial charge in [-0.1, -0.05) is 31.2 Å². The van der Waals surface area contributed by atoms with Crippen LogP contribution in [-0.4, -0.2) is 12.3 Å². The molecule has 1 fully saturated rings. The fraction of sp³-hybridized carbons (Fsp3) is 0.462. The number of benzene rings is 1. The SMILES string of the molecule is CCc1ccc(C2CC(=O)CCN2)cc1. The van der Waals surface area contributed by atoms with Crippen molar-refractivity contribution in [2.24, 2.45) is 0 Å². The molecule has 0 spiro atoms. The van der Waals surface area contributed by atoms with E-state index in [1.807, 2.05) is 0 Å². The van der Waals surface area contributed by atoms with Crippen molar-refractivity contribution < 1.29 is 4.79 Å². The molecule has 0 radical (unpaired) electrons. The van der Waals surface area contributed by atoms with E-state index in [4.69, 9.17) is 0 Å². The van der Waals surface area contributed by atoms with Gasteiger partial charge in [0.25, 0.3) is 0 Å². The molecule has 2 rings (SSSR count). The van der Waals surface area contributed by atoms with E-state index < -0.39 is 0 Å². The van der Waals surface area contributed by atoms with Gasteiger partial charge in [-0.15, -0.1) is 0 Å². The highest BCUT2D eigenvalue weighted by molar-refractivity contribution is 5.80. The van der Waals surface area contributed by atoms with Gasteiger partial charge < -0.3 is 5.32 Å². The Labute approximate surface area is 90.7 Å². The summed E-state index contributed by atoms with van der Waals surface area (Å²) in [6.45, 7) is 2.97. The Balaban J connectivity index is 2.11. The molecule has 0 aliphatic carbocycles. The van der Waals surface area contributed by atoms with Crippen LogP contribution < -0.4 is 5.32 Å². The summed E-state index contributed by atoms with van der Waals surface area (Å²) in [5.41, 5.74) is 2.58. The number of hydrogen-bond acceptors (Lipinski definition) is 2. The Morgan fingerprint density at radius 3 is 2.67 bits per heavy atom. The summed E-state index contributed by atoms with van der Waals surface area (Å²) in [6.07, 6.45) is 2.40. The lowest BCUT2D eigenvalue weighted by Crippen LogP contribution is -2.31. The fourth-order valence-electron chi connectivity index (χ4n) is 2.01. The summed E-state index contributed by atoms with van der Waals surface area (Å²) in [4.78, 5) is 11.3. The maximum Gasteiger partial charge on any atom is 0.136 e. The second-order valence-corrected chi connectivity index (χ2v) is 4.09. The van der Waals surface area contributed by atoms with Crippen LogP contribution in [0.5, 0.6) is 0 Å². The molecule has 0 aromatic heterocycles. The number of aryl methyl sites for hydroxylation is 1. The number of carbonyl (C=O) groups excluding carboxylic acids is 1. The molecule has 1 saturated heterocycles. The standard InChI is InChI=1S/C13H17NO/c1-2-10-3-5-11(6-4-10)13-9-12(15)7-8-14-13/h3-6,13-14H,2,7-9H2,1H3. The van der Waals surface area contributed by atoms with Crippen LogP contribution in [0.15, 0.2) is 24.3 Å². The van der Waals surface area contributed by atoms with E-state index in [0.717, 1.165) is 13.0 Å². The Morgan fingerprint density at radius 1 is 1.33 bits per heavy atom. The van der Waals surface area contributed by atoms with Crippen LogP contribution in [-0.2, 0) is 11.2 Å². The lowest BCUT2D eigenvalue weighted by Gasteiger charge is -2.23. The maximum absolute atomic E-state index is 11.3. The van der Waals surface area contributed by atoms with Crippen molar-refractivity contribution in [1.82, 2.24) is 5.32 Å². The van der Waals surface area contributed by atoms with Crippen molar-refractivity contribution in [2.45, 2.75) is 32.2 Å². The summed E-state index contributed by atoms with van der Waals surface area (Å²) in [5.74, 6) is 0.373. The fourth-order valence-corrected chi connectivity index (χ4v) is 2.01. The minimum Gasteiger partial charge on any atom is -0.309 e. The van der Waals surface area contributed by atoms with Crippen LogP contribution in [0.4, 0.5) is 0 Å². The van der Waals surface area contributed by atoms with Gasteiger partial charge in [0, 0.05) is 25.4 Å². The first-order valence-corrected chi connectivity index (χ1v) is 5.63. The summed E-state index contributed by atoms with van der Waals surface area (Å²) < 4.78 is 0. The van der Waals surface area contributed by atoms with Gasteiger partial charge in [-0.05, 0) is 17.5 Å². The number of piperidine rings is 1.